The summed E-state index contributed by atoms with van der Waals surface area (Å²) in [4.78, 5) is 19.1. The zero-order valence-electron chi connectivity index (χ0n) is 18.1. The Bertz CT molecular complexity index is 1020. The predicted octanol–water partition coefficient (Wildman–Crippen LogP) is 3.68. The van der Waals surface area contributed by atoms with Crippen LogP contribution in [-0.2, 0) is 11.3 Å². The minimum Gasteiger partial charge on any atom is -0.480 e. The lowest BCUT2D eigenvalue weighted by Gasteiger charge is -2.39. The van der Waals surface area contributed by atoms with Crippen molar-refractivity contribution in [3.63, 3.8) is 0 Å². The number of likely N-dealkylation sites (tertiary alicyclic amines) is 1. The second kappa shape index (κ2) is 8.94. The normalized spacial score (nSPS) is 16.7. The van der Waals surface area contributed by atoms with Crippen molar-refractivity contribution in [3.05, 3.63) is 72.8 Å². The van der Waals surface area contributed by atoms with Gasteiger partial charge in [-0.05, 0) is 38.3 Å². The highest BCUT2D eigenvalue weighted by Crippen LogP contribution is 2.31. The summed E-state index contributed by atoms with van der Waals surface area (Å²) >= 11 is 0. The number of hydrogen-bond acceptors (Lipinski definition) is 4. The number of benzene rings is 2. The average Bonchev–Trinajstić information content (AvgIpc) is 3.18. The van der Waals surface area contributed by atoms with Gasteiger partial charge in [0.05, 0.1) is 12.1 Å². The minimum absolute atomic E-state index is 0.0521. The van der Waals surface area contributed by atoms with Gasteiger partial charge < -0.3 is 19.3 Å². The Hall–Kier alpha value is -3.12. The molecule has 2 heterocycles. The lowest BCUT2D eigenvalue weighted by Crippen LogP contribution is -2.51. The number of nitrogens with zero attached hydrogens (tertiary/aromatic N) is 3. The first-order valence-electron chi connectivity index (χ1n) is 10.8. The molecule has 31 heavy (non-hydrogen) atoms. The lowest BCUT2D eigenvalue weighted by atomic mass is 9.91. The quantitative estimate of drug-likeness (QED) is 0.662. The lowest BCUT2D eigenvalue weighted by molar-refractivity contribution is -0.142. The van der Waals surface area contributed by atoms with Crippen LogP contribution >= 0.6 is 0 Å². The van der Waals surface area contributed by atoms with Crippen molar-refractivity contribution in [1.29, 1.82) is 0 Å². The Balaban J connectivity index is 1.38. The third-order valence-electron chi connectivity index (χ3n) is 6.02. The molecule has 1 saturated heterocycles. The van der Waals surface area contributed by atoms with Crippen LogP contribution in [-0.4, -0.2) is 50.3 Å². The number of carbonyl (C=O) groups is 1. The van der Waals surface area contributed by atoms with Crippen LogP contribution in [0.2, 0.25) is 0 Å². The van der Waals surface area contributed by atoms with Crippen molar-refractivity contribution < 1.29 is 14.6 Å². The van der Waals surface area contributed by atoms with Gasteiger partial charge in [-0.15, -0.1) is 0 Å². The summed E-state index contributed by atoms with van der Waals surface area (Å²) in [5.41, 5.74) is 1.19. The van der Waals surface area contributed by atoms with E-state index >= 15 is 0 Å². The van der Waals surface area contributed by atoms with Gasteiger partial charge in [-0.3, -0.25) is 4.79 Å². The van der Waals surface area contributed by atoms with Crippen molar-refractivity contribution in [3.8, 4) is 16.9 Å². The van der Waals surface area contributed by atoms with Crippen molar-refractivity contribution in [1.82, 2.24) is 14.5 Å². The molecule has 1 aliphatic heterocycles. The molecule has 0 spiro atoms. The van der Waals surface area contributed by atoms with E-state index in [1.807, 2.05) is 72.3 Å². The molecule has 6 nitrogen and oxygen atoms in total. The number of aliphatic hydroxyl groups is 1. The van der Waals surface area contributed by atoms with Crippen LogP contribution in [0.1, 0.15) is 25.6 Å². The second-order valence-corrected chi connectivity index (χ2v) is 8.27. The Kier molecular flexibility index (Phi) is 6.09. The molecule has 6 heteroatoms. The molecule has 1 fully saturated rings. The van der Waals surface area contributed by atoms with Gasteiger partial charge in [0.25, 0.3) is 5.91 Å². The maximum atomic E-state index is 13.0. The highest BCUT2D eigenvalue weighted by molar-refractivity contribution is 5.81. The number of imidazole rings is 1. The highest BCUT2D eigenvalue weighted by atomic mass is 16.5. The topological polar surface area (TPSA) is 67.6 Å². The summed E-state index contributed by atoms with van der Waals surface area (Å²) in [6.45, 7) is 5.24. The third kappa shape index (κ3) is 4.80. The van der Waals surface area contributed by atoms with Crippen molar-refractivity contribution in [2.24, 2.45) is 0 Å². The summed E-state index contributed by atoms with van der Waals surface area (Å²) < 4.78 is 8.06. The van der Waals surface area contributed by atoms with Crippen LogP contribution in [0.5, 0.6) is 5.75 Å². The number of rotatable bonds is 6. The third-order valence-corrected chi connectivity index (χ3v) is 6.02. The van der Waals surface area contributed by atoms with E-state index in [1.54, 1.807) is 18.0 Å². The van der Waals surface area contributed by atoms with Gasteiger partial charge >= 0.3 is 0 Å². The number of carbonyl (C=O) groups excluding carboxylic acids is 1. The van der Waals surface area contributed by atoms with Gasteiger partial charge in [-0.2, -0.15) is 0 Å². The first-order valence-corrected chi connectivity index (χ1v) is 10.8. The zero-order valence-corrected chi connectivity index (χ0v) is 18.1. The molecule has 1 amide bonds. The largest absolute Gasteiger partial charge is 0.480 e. The number of aryl methyl sites for hydroxylation is 1. The highest BCUT2D eigenvalue weighted by Gasteiger charge is 2.36. The smallest absolute Gasteiger partial charge is 0.263 e. The van der Waals surface area contributed by atoms with Gasteiger partial charge in [0.1, 0.15) is 11.6 Å². The van der Waals surface area contributed by atoms with Crippen LogP contribution in [0, 0.1) is 6.92 Å². The standard InChI is InChI=1S/C25H29N3O3/c1-19(31-23-11-7-6-10-22(23)21-8-4-3-5-9-21)24(29)27-15-12-25(30,13-16-27)18-28-17-14-26-20(28)2/h3-11,14,17,19,30H,12-13,15-16,18H2,1-2H3. The van der Waals surface area contributed by atoms with Crippen LogP contribution in [0.3, 0.4) is 0 Å². The monoisotopic (exact) mass is 419 g/mol. The fourth-order valence-corrected chi connectivity index (χ4v) is 4.11. The summed E-state index contributed by atoms with van der Waals surface area (Å²) in [5.74, 6) is 1.52. The van der Waals surface area contributed by atoms with E-state index in [0.717, 1.165) is 17.0 Å². The van der Waals surface area contributed by atoms with Crippen LogP contribution in [0.15, 0.2) is 67.0 Å². The van der Waals surface area contributed by atoms with Gasteiger partial charge in [-0.1, -0.05) is 48.5 Å². The molecular weight excluding hydrogens is 390 g/mol. The van der Waals surface area contributed by atoms with E-state index in [0.29, 0.717) is 38.2 Å². The Morgan fingerprint density at radius 2 is 1.81 bits per heavy atom. The van der Waals surface area contributed by atoms with Gasteiger partial charge in [0.2, 0.25) is 0 Å². The Labute approximate surface area is 183 Å². The zero-order chi connectivity index (χ0) is 21.8. The van der Waals surface area contributed by atoms with Crippen molar-refractivity contribution >= 4 is 5.91 Å². The van der Waals surface area contributed by atoms with Crippen LogP contribution < -0.4 is 4.74 Å². The molecular formula is C25H29N3O3. The number of piperidine rings is 1. The predicted molar refractivity (Wildman–Crippen MR) is 120 cm³/mol. The number of amides is 1. The number of hydrogen-bond donors (Lipinski definition) is 1. The maximum Gasteiger partial charge on any atom is 0.263 e. The second-order valence-electron chi connectivity index (χ2n) is 8.27. The van der Waals surface area contributed by atoms with Gasteiger partial charge in [0.15, 0.2) is 6.10 Å². The van der Waals surface area contributed by atoms with E-state index in [4.69, 9.17) is 4.74 Å². The summed E-state index contributed by atoms with van der Waals surface area (Å²) in [7, 11) is 0. The summed E-state index contributed by atoms with van der Waals surface area (Å²) in [6.07, 6.45) is 4.08. The SMILES string of the molecule is Cc1nccn1CC1(O)CCN(C(=O)C(C)Oc2ccccc2-c2ccccc2)CC1. The van der Waals surface area contributed by atoms with E-state index < -0.39 is 11.7 Å². The van der Waals surface area contributed by atoms with E-state index in [9.17, 15) is 9.90 Å². The molecule has 1 unspecified atom stereocenters. The number of ether oxygens (including phenoxy) is 1. The molecule has 0 bridgehead atoms. The number of para-hydroxylation sites is 1. The van der Waals surface area contributed by atoms with E-state index in [2.05, 4.69) is 4.98 Å². The fraction of sp³-hybridized carbons (Fsp3) is 0.360. The Morgan fingerprint density at radius 3 is 2.48 bits per heavy atom. The van der Waals surface area contributed by atoms with Crippen LogP contribution in [0.4, 0.5) is 0 Å². The first kappa shape index (κ1) is 21.1. The molecule has 0 saturated carbocycles. The molecule has 1 aliphatic rings. The van der Waals surface area contributed by atoms with Crippen molar-refractivity contribution in [2.75, 3.05) is 13.1 Å². The van der Waals surface area contributed by atoms with E-state index in [-0.39, 0.29) is 5.91 Å². The maximum absolute atomic E-state index is 13.0. The van der Waals surface area contributed by atoms with Crippen LogP contribution in [0.25, 0.3) is 11.1 Å². The first-order chi connectivity index (χ1) is 15.0. The molecule has 0 radical (unpaired) electrons. The summed E-state index contributed by atoms with van der Waals surface area (Å²) in [5, 5.41) is 11.0. The number of aromatic nitrogens is 2. The molecule has 1 atom stereocenters. The molecule has 3 aromatic rings. The van der Waals surface area contributed by atoms with E-state index in [1.165, 1.54) is 0 Å². The fourth-order valence-electron chi connectivity index (χ4n) is 4.11. The minimum atomic E-state index is -0.827. The molecule has 2 aromatic carbocycles. The van der Waals surface area contributed by atoms with Crippen molar-refractivity contribution in [2.45, 2.75) is 44.9 Å². The van der Waals surface area contributed by atoms with Gasteiger partial charge in [-0.25, -0.2) is 4.98 Å². The Morgan fingerprint density at radius 1 is 1.13 bits per heavy atom. The average molecular weight is 420 g/mol. The molecule has 4 rings (SSSR count). The summed E-state index contributed by atoms with van der Waals surface area (Å²) in [6, 6.07) is 17.8. The molecule has 1 N–H and O–H groups in total. The molecule has 1 aromatic heterocycles. The molecule has 162 valence electrons. The molecule has 0 aliphatic carbocycles. The van der Waals surface area contributed by atoms with Gasteiger partial charge in [0, 0.05) is 31.0 Å².